The van der Waals surface area contributed by atoms with Crippen LogP contribution in [0.2, 0.25) is 0 Å². The maximum absolute atomic E-state index is 13.3. The van der Waals surface area contributed by atoms with Gasteiger partial charge in [-0.2, -0.15) is 18.3 Å². The van der Waals surface area contributed by atoms with Crippen LogP contribution in [-0.2, 0) is 6.18 Å². The van der Waals surface area contributed by atoms with Crippen molar-refractivity contribution in [3.05, 3.63) is 71.3 Å². The van der Waals surface area contributed by atoms with E-state index in [0.29, 0.717) is 11.8 Å². The van der Waals surface area contributed by atoms with E-state index in [9.17, 15) is 18.3 Å². The summed E-state index contributed by atoms with van der Waals surface area (Å²) in [5, 5.41) is 18.1. The average Bonchev–Trinajstić information content (AvgIpc) is 3.09. The van der Waals surface area contributed by atoms with Gasteiger partial charge in [-0.3, -0.25) is 0 Å². The number of halogens is 3. The van der Waals surface area contributed by atoms with Gasteiger partial charge < -0.3 is 5.11 Å². The minimum absolute atomic E-state index is 0.187. The summed E-state index contributed by atoms with van der Waals surface area (Å²) in [7, 11) is 0. The van der Waals surface area contributed by atoms with Crippen LogP contribution in [0.1, 0.15) is 16.7 Å². The van der Waals surface area contributed by atoms with Crippen LogP contribution in [0.15, 0.2) is 64.8 Å². The molecule has 30 heavy (non-hydrogen) atoms. The van der Waals surface area contributed by atoms with Gasteiger partial charge in [0.1, 0.15) is 16.4 Å². The molecule has 0 fully saturated rings. The molecule has 1 heterocycles. The molecule has 0 unspecified atom stereocenters. The summed E-state index contributed by atoms with van der Waals surface area (Å²) in [5.74, 6) is -0.464. The van der Waals surface area contributed by atoms with E-state index in [4.69, 9.17) is 0 Å². The summed E-state index contributed by atoms with van der Waals surface area (Å²) in [5.41, 5.74) is 2.24. The van der Waals surface area contributed by atoms with E-state index in [1.807, 2.05) is 31.2 Å². The van der Waals surface area contributed by atoms with Crippen molar-refractivity contribution in [2.75, 3.05) is 0 Å². The van der Waals surface area contributed by atoms with E-state index >= 15 is 0 Å². The van der Waals surface area contributed by atoms with Gasteiger partial charge >= 0.3 is 6.18 Å². The SMILES string of the molecule is Cc1ccc2nc(-c3ccc(N=Nc4c(C)cc(O)cc4C(F)(F)F)cc3)sc2c1. The van der Waals surface area contributed by atoms with Gasteiger partial charge in [-0.1, -0.05) is 6.07 Å². The molecule has 1 N–H and O–H groups in total. The molecule has 4 aromatic rings. The number of aromatic nitrogens is 1. The molecule has 0 saturated carbocycles. The predicted molar refractivity (Wildman–Crippen MR) is 112 cm³/mol. The number of alkyl halides is 3. The van der Waals surface area contributed by atoms with Gasteiger partial charge in [-0.05, 0) is 73.5 Å². The fourth-order valence-corrected chi connectivity index (χ4v) is 4.11. The second kappa shape index (κ2) is 7.53. The Bertz CT molecular complexity index is 1260. The molecule has 8 heteroatoms. The van der Waals surface area contributed by atoms with Crippen molar-refractivity contribution in [2.24, 2.45) is 10.2 Å². The number of phenols is 1. The zero-order chi connectivity index (χ0) is 21.5. The Morgan fingerprint density at radius 1 is 0.933 bits per heavy atom. The zero-order valence-corrected chi connectivity index (χ0v) is 16.8. The number of benzene rings is 3. The van der Waals surface area contributed by atoms with Crippen molar-refractivity contribution < 1.29 is 18.3 Å². The van der Waals surface area contributed by atoms with Gasteiger partial charge in [0.15, 0.2) is 0 Å². The Hall–Kier alpha value is -3.26. The Kier molecular flexibility index (Phi) is 5.03. The first-order valence-electron chi connectivity index (χ1n) is 9.01. The third kappa shape index (κ3) is 4.04. The molecule has 0 spiro atoms. The van der Waals surface area contributed by atoms with Crippen molar-refractivity contribution in [1.29, 1.82) is 0 Å². The first-order valence-corrected chi connectivity index (χ1v) is 9.82. The third-order valence-electron chi connectivity index (χ3n) is 4.51. The van der Waals surface area contributed by atoms with E-state index in [1.54, 1.807) is 23.5 Å². The van der Waals surface area contributed by atoms with E-state index in [0.717, 1.165) is 26.4 Å². The molecule has 0 aliphatic carbocycles. The largest absolute Gasteiger partial charge is 0.508 e. The number of thiazole rings is 1. The fourth-order valence-electron chi connectivity index (χ4n) is 3.04. The van der Waals surface area contributed by atoms with Crippen LogP contribution in [0.25, 0.3) is 20.8 Å². The van der Waals surface area contributed by atoms with Crippen LogP contribution in [-0.4, -0.2) is 10.1 Å². The van der Waals surface area contributed by atoms with Crippen molar-refractivity contribution in [2.45, 2.75) is 20.0 Å². The third-order valence-corrected chi connectivity index (χ3v) is 5.58. The number of phenolic OH excluding ortho intramolecular Hbond substituents is 1. The molecule has 152 valence electrons. The molecule has 0 aliphatic heterocycles. The average molecular weight is 427 g/mol. The minimum Gasteiger partial charge on any atom is -0.508 e. The molecule has 0 saturated heterocycles. The maximum Gasteiger partial charge on any atom is 0.418 e. The monoisotopic (exact) mass is 427 g/mol. The zero-order valence-electron chi connectivity index (χ0n) is 16.0. The van der Waals surface area contributed by atoms with Crippen LogP contribution in [0.4, 0.5) is 24.5 Å². The highest BCUT2D eigenvalue weighted by Gasteiger charge is 2.35. The first-order chi connectivity index (χ1) is 14.2. The van der Waals surface area contributed by atoms with Crippen LogP contribution < -0.4 is 0 Å². The highest BCUT2D eigenvalue weighted by atomic mass is 32.1. The number of fused-ring (bicyclic) bond motifs is 1. The fraction of sp³-hybridized carbons (Fsp3) is 0.136. The van der Waals surface area contributed by atoms with E-state index in [2.05, 4.69) is 21.3 Å². The van der Waals surface area contributed by atoms with Crippen molar-refractivity contribution in [3.63, 3.8) is 0 Å². The topological polar surface area (TPSA) is 57.8 Å². The van der Waals surface area contributed by atoms with Crippen LogP contribution in [0, 0.1) is 13.8 Å². The van der Waals surface area contributed by atoms with Crippen molar-refractivity contribution in [1.82, 2.24) is 4.98 Å². The van der Waals surface area contributed by atoms with Crippen LogP contribution in [0.5, 0.6) is 5.75 Å². The smallest absolute Gasteiger partial charge is 0.418 e. The molecule has 1 aromatic heterocycles. The summed E-state index contributed by atoms with van der Waals surface area (Å²) >= 11 is 1.57. The molecule has 0 atom stereocenters. The second-order valence-corrected chi connectivity index (χ2v) is 7.92. The summed E-state index contributed by atoms with van der Waals surface area (Å²) in [6.07, 6.45) is -4.65. The number of azo groups is 1. The Morgan fingerprint density at radius 3 is 2.37 bits per heavy atom. The lowest BCUT2D eigenvalue weighted by atomic mass is 10.1. The number of rotatable bonds is 3. The quantitative estimate of drug-likeness (QED) is 0.340. The summed E-state index contributed by atoms with van der Waals surface area (Å²) in [6.45, 7) is 3.47. The highest BCUT2D eigenvalue weighted by Crippen LogP contribution is 2.41. The van der Waals surface area contributed by atoms with Gasteiger partial charge in [-0.25, -0.2) is 4.98 Å². The predicted octanol–water partition coefficient (Wildman–Crippen LogP) is 7.72. The molecule has 0 bridgehead atoms. The van der Waals surface area contributed by atoms with Gasteiger partial charge in [0.25, 0.3) is 0 Å². The lowest BCUT2D eigenvalue weighted by molar-refractivity contribution is -0.137. The Morgan fingerprint density at radius 2 is 1.67 bits per heavy atom. The van der Waals surface area contributed by atoms with Gasteiger partial charge in [0.2, 0.25) is 0 Å². The molecular weight excluding hydrogens is 411 g/mol. The van der Waals surface area contributed by atoms with E-state index < -0.39 is 17.5 Å². The molecule has 0 aliphatic rings. The Balaban J connectivity index is 1.63. The molecule has 4 rings (SSSR count). The van der Waals surface area contributed by atoms with Crippen molar-refractivity contribution in [3.8, 4) is 16.3 Å². The van der Waals surface area contributed by atoms with Gasteiger partial charge in [0, 0.05) is 5.56 Å². The Labute approximate surface area is 174 Å². The van der Waals surface area contributed by atoms with E-state index in [-0.39, 0.29) is 11.3 Å². The summed E-state index contributed by atoms with van der Waals surface area (Å²) < 4.78 is 40.9. The van der Waals surface area contributed by atoms with Crippen LogP contribution >= 0.6 is 11.3 Å². The molecular formula is C22H16F3N3OS. The summed E-state index contributed by atoms with van der Waals surface area (Å²) in [6, 6.07) is 14.9. The molecule has 0 radical (unpaired) electrons. The number of aryl methyl sites for hydroxylation is 2. The minimum atomic E-state index is -4.65. The lowest BCUT2D eigenvalue weighted by Gasteiger charge is -2.12. The van der Waals surface area contributed by atoms with Gasteiger partial charge in [-0.15, -0.1) is 16.5 Å². The van der Waals surface area contributed by atoms with E-state index in [1.165, 1.54) is 13.0 Å². The second-order valence-electron chi connectivity index (χ2n) is 6.89. The first kappa shape index (κ1) is 20.0. The number of hydrogen-bond acceptors (Lipinski definition) is 5. The molecule has 0 amide bonds. The molecule has 3 aromatic carbocycles. The van der Waals surface area contributed by atoms with Crippen molar-refractivity contribution >= 4 is 32.9 Å². The standard InChI is InChI=1S/C22H16F3N3OS/c1-12-3-8-18-19(9-12)30-21(26-18)14-4-6-15(7-5-14)27-28-20-13(2)10-16(29)11-17(20)22(23,24)25/h3-11,29H,1-2H3. The van der Waals surface area contributed by atoms with Gasteiger partial charge in [0.05, 0.1) is 21.5 Å². The lowest BCUT2D eigenvalue weighted by Crippen LogP contribution is -2.05. The van der Waals surface area contributed by atoms with Crippen LogP contribution in [0.3, 0.4) is 0 Å². The number of nitrogens with zero attached hydrogens (tertiary/aromatic N) is 3. The molecule has 4 nitrogen and oxygen atoms in total. The maximum atomic E-state index is 13.3. The highest BCUT2D eigenvalue weighted by molar-refractivity contribution is 7.21. The summed E-state index contributed by atoms with van der Waals surface area (Å²) in [4.78, 5) is 4.62. The number of aromatic hydroxyl groups is 1. The number of hydrogen-bond donors (Lipinski definition) is 1. The normalized spacial score (nSPS) is 12.2.